The van der Waals surface area contributed by atoms with Crippen molar-refractivity contribution in [1.82, 2.24) is 5.32 Å². The Hall–Kier alpha value is -3.66. The quantitative estimate of drug-likeness (QED) is 0.287. The predicted molar refractivity (Wildman–Crippen MR) is 161 cm³/mol. The first kappa shape index (κ1) is 29.8. The zero-order valence-corrected chi connectivity index (χ0v) is 25.0. The average Bonchev–Trinajstić information content (AvgIpc) is 3.38. The van der Waals surface area contributed by atoms with E-state index in [0.29, 0.717) is 28.4 Å². The molecule has 5 N–H and O–H groups in total. The van der Waals surface area contributed by atoms with Crippen molar-refractivity contribution in [2.24, 2.45) is 11.1 Å². The van der Waals surface area contributed by atoms with Crippen molar-refractivity contribution in [2.45, 2.75) is 50.6 Å². The maximum atomic E-state index is 15.9. The third-order valence-corrected chi connectivity index (χ3v) is 8.48. The molecule has 11 heteroatoms. The molecule has 1 saturated heterocycles. The monoisotopic (exact) mass is 612 g/mol. The maximum Gasteiger partial charge on any atom is 0.252 e. The van der Waals surface area contributed by atoms with Gasteiger partial charge in [-0.3, -0.25) is 14.4 Å². The van der Waals surface area contributed by atoms with Crippen molar-refractivity contribution in [3.8, 4) is 5.75 Å². The molecule has 8 nitrogen and oxygen atoms in total. The lowest BCUT2D eigenvalue weighted by atomic mass is 9.62. The van der Waals surface area contributed by atoms with E-state index in [1.807, 2.05) is 20.8 Å². The van der Waals surface area contributed by atoms with Crippen molar-refractivity contribution in [1.29, 1.82) is 0 Å². The normalized spacial score (nSPS) is 23.0. The van der Waals surface area contributed by atoms with Crippen LogP contribution in [-0.4, -0.2) is 36.9 Å². The van der Waals surface area contributed by atoms with Crippen LogP contribution >= 0.6 is 23.2 Å². The molecule has 1 spiro atoms. The van der Waals surface area contributed by atoms with E-state index in [2.05, 4.69) is 16.0 Å². The minimum atomic E-state index is -1.38. The summed E-state index contributed by atoms with van der Waals surface area (Å²) in [5.41, 5.74) is 5.50. The molecule has 4 atom stereocenters. The number of halogens is 3. The van der Waals surface area contributed by atoms with Gasteiger partial charge < -0.3 is 26.4 Å². The highest BCUT2D eigenvalue weighted by Gasteiger charge is 2.66. The predicted octanol–water partition coefficient (Wildman–Crippen LogP) is 5.63. The summed E-state index contributed by atoms with van der Waals surface area (Å²) in [6, 6.07) is 12.5. The number of hydrogen-bond acceptors (Lipinski definition) is 5. The van der Waals surface area contributed by atoms with Gasteiger partial charge in [-0.05, 0) is 53.3 Å². The first-order valence-electron chi connectivity index (χ1n) is 13.4. The van der Waals surface area contributed by atoms with Gasteiger partial charge in [0.2, 0.25) is 11.8 Å². The molecule has 2 aliphatic rings. The molecule has 2 heterocycles. The number of carbonyl (C=O) groups excluding carboxylic acids is 3. The van der Waals surface area contributed by atoms with Gasteiger partial charge >= 0.3 is 0 Å². The lowest BCUT2D eigenvalue weighted by Crippen LogP contribution is -2.49. The molecule has 0 aliphatic carbocycles. The Morgan fingerprint density at radius 2 is 1.86 bits per heavy atom. The molecule has 1 fully saturated rings. The Kier molecular flexibility index (Phi) is 7.72. The Labute approximate surface area is 253 Å². The fraction of sp³-hybridized carbons (Fsp3) is 0.323. The first-order valence-corrected chi connectivity index (χ1v) is 14.1. The van der Waals surface area contributed by atoms with Gasteiger partial charge in [-0.25, -0.2) is 4.39 Å². The van der Waals surface area contributed by atoms with Crippen LogP contribution in [0.1, 0.15) is 54.6 Å². The van der Waals surface area contributed by atoms with Gasteiger partial charge in [0.1, 0.15) is 17.0 Å². The molecule has 2 aliphatic heterocycles. The smallest absolute Gasteiger partial charge is 0.252 e. The topological polar surface area (TPSA) is 123 Å². The molecule has 220 valence electrons. The second-order valence-electron chi connectivity index (χ2n) is 11.9. The number of primary amides is 1. The van der Waals surface area contributed by atoms with Crippen molar-refractivity contribution in [3.63, 3.8) is 0 Å². The van der Waals surface area contributed by atoms with Gasteiger partial charge in [-0.2, -0.15) is 0 Å². The highest BCUT2D eigenvalue weighted by molar-refractivity contribution is 6.31. The molecule has 3 amide bonds. The van der Waals surface area contributed by atoms with Crippen molar-refractivity contribution in [2.75, 3.05) is 17.7 Å². The molecule has 3 aromatic carbocycles. The Bertz CT molecular complexity index is 1610. The number of ether oxygens (including phenoxy) is 1. The van der Waals surface area contributed by atoms with Gasteiger partial charge in [0, 0.05) is 34.4 Å². The molecule has 3 aromatic rings. The zero-order valence-electron chi connectivity index (χ0n) is 23.5. The van der Waals surface area contributed by atoms with Gasteiger partial charge in [0.05, 0.1) is 23.7 Å². The molecule has 0 saturated carbocycles. The number of anilines is 2. The number of methoxy groups -OCH3 is 1. The molecule has 5 rings (SSSR count). The third kappa shape index (κ3) is 4.99. The molecule has 0 radical (unpaired) electrons. The van der Waals surface area contributed by atoms with Crippen molar-refractivity contribution >= 4 is 52.3 Å². The Balaban J connectivity index is 1.69. The summed E-state index contributed by atoms with van der Waals surface area (Å²) in [7, 11) is 1.38. The average molecular weight is 614 g/mol. The molecule has 1 unspecified atom stereocenters. The van der Waals surface area contributed by atoms with Crippen molar-refractivity contribution < 1.29 is 23.5 Å². The van der Waals surface area contributed by atoms with E-state index in [4.69, 9.17) is 33.7 Å². The van der Waals surface area contributed by atoms with Crippen molar-refractivity contribution in [3.05, 3.63) is 87.2 Å². The summed E-state index contributed by atoms with van der Waals surface area (Å²) in [5, 5.41) is 9.53. The third-order valence-electron chi connectivity index (χ3n) is 7.96. The summed E-state index contributed by atoms with van der Waals surface area (Å²) >= 11 is 12.5. The number of carbonyl (C=O) groups is 3. The fourth-order valence-electron chi connectivity index (χ4n) is 6.34. The summed E-state index contributed by atoms with van der Waals surface area (Å²) in [6.07, 6.45) is 0.478. The van der Waals surface area contributed by atoms with Gasteiger partial charge in [-0.15, -0.1) is 0 Å². The number of nitrogens with two attached hydrogens (primary N) is 1. The Morgan fingerprint density at radius 1 is 1.12 bits per heavy atom. The summed E-state index contributed by atoms with van der Waals surface area (Å²) < 4.78 is 21.2. The molecule has 42 heavy (non-hydrogen) atoms. The number of hydrogen-bond donors (Lipinski definition) is 4. The van der Waals surface area contributed by atoms with Gasteiger partial charge in [0.25, 0.3) is 5.91 Å². The van der Waals surface area contributed by atoms with Crippen LogP contribution < -0.4 is 26.4 Å². The maximum absolute atomic E-state index is 15.9. The van der Waals surface area contributed by atoms with Crippen LogP contribution in [0.4, 0.5) is 15.8 Å². The van der Waals surface area contributed by atoms with Crippen LogP contribution in [0.25, 0.3) is 0 Å². The second-order valence-corrected chi connectivity index (χ2v) is 12.7. The van der Waals surface area contributed by atoms with E-state index in [0.717, 1.165) is 0 Å². The van der Waals surface area contributed by atoms with E-state index >= 15 is 4.39 Å². The standard InChI is InChI=1S/C31H31Cl2FN4O4/c1-30(2,3)14-23-31(19-11-8-15(32)12-21(19)37-29(31)41)24(18-6-5-7-20(33)25(18)34)26(38-23)28(40)36-16-9-10-17(27(35)39)22(13-16)42-4/h5-13,23-24,26,38H,14H2,1-4H3,(H2,35,39)(H,36,40)(H,37,41)/t23-,24+,26+,31?/m1/s1. The highest BCUT2D eigenvalue weighted by atomic mass is 35.5. The first-order chi connectivity index (χ1) is 19.8. The minimum Gasteiger partial charge on any atom is -0.496 e. The summed E-state index contributed by atoms with van der Waals surface area (Å²) in [4.78, 5) is 40.1. The number of amides is 3. The number of rotatable bonds is 6. The Morgan fingerprint density at radius 3 is 2.52 bits per heavy atom. The van der Waals surface area contributed by atoms with Gasteiger partial charge in [0.15, 0.2) is 0 Å². The number of fused-ring (bicyclic) bond motifs is 2. The minimum absolute atomic E-state index is 0.123. The molecular formula is C31H31Cl2FN4O4. The van der Waals surface area contributed by atoms with E-state index in [9.17, 15) is 14.4 Å². The molecule has 0 bridgehead atoms. The van der Waals surface area contributed by atoms with Crippen LogP contribution in [0, 0.1) is 11.2 Å². The van der Waals surface area contributed by atoms with E-state index in [-0.39, 0.29) is 33.2 Å². The fourth-order valence-corrected chi connectivity index (χ4v) is 6.70. The highest BCUT2D eigenvalue weighted by Crippen LogP contribution is 2.57. The van der Waals surface area contributed by atoms with Gasteiger partial charge in [-0.1, -0.05) is 62.2 Å². The largest absolute Gasteiger partial charge is 0.496 e. The van der Waals surface area contributed by atoms with E-state index in [1.54, 1.807) is 30.3 Å². The summed E-state index contributed by atoms with van der Waals surface area (Å²) in [5.74, 6) is -3.09. The second kappa shape index (κ2) is 10.9. The molecular weight excluding hydrogens is 582 g/mol. The van der Waals surface area contributed by atoms with E-state index in [1.165, 1.54) is 31.4 Å². The molecule has 0 aromatic heterocycles. The van der Waals surface area contributed by atoms with Crippen LogP contribution in [-0.2, 0) is 15.0 Å². The lowest BCUT2D eigenvalue weighted by Gasteiger charge is -2.37. The summed E-state index contributed by atoms with van der Waals surface area (Å²) in [6.45, 7) is 6.10. The van der Waals surface area contributed by atoms with Crippen LogP contribution in [0.15, 0.2) is 54.6 Å². The van der Waals surface area contributed by atoms with Crippen LogP contribution in [0.3, 0.4) is 0 Å². The SMILES string of the molecule is COc1cc(NC(=O)[C@H]2N[C@H](CC(C)(C)C)C3(C(=O)Nc4cc(Cl)ccc43)[C@H]2c2cccc(Cl)c2F)ccc1C(N)=O. The van der Waals surface area contributed by atoms with Crippen LogP contribution in [0.5, 0.6) is 5.75 Å². The van der Waals surface area contributed by atoms with Crippen LogP contribution in [0.2, 0.25) is 10.0 Å². The van der Waals surface area contributed by atoms with E-state index < -0.39 is 41.0 Å². The number of benzene rings is 3. The zero-order chi connectivity index (χ0) is 30.6. The lowest BCUT2D eigenvalue weighted by molar-refractivity contribution is -0.122. The number of nitrogens with one attached hydrogen (secondary N) is 3.